The molecule has 0 spiro atoms. The lowest BCUT2D eigenvalue weighted by Crippen LogP contribution is -2.21. The smallest absolute Gasteiger partial charge is 0.116 e. The average Bonchev–Trinajstić information content (AvgIpc) is 2.42. The second kappa shape index (κ2) is 6.47. The predicted molar refractivity (Wildman–Crippen MR) is 72.4 cm³/mol. The molecule has 0 fully saturated rings. The molecule has 2 aromatic rings. The Morgan fingerprint density at radius 3 is 2.67 bits per heavy atom. The van der Waals surface area contributed by atoms with Gasteiger partial charge in [0.2, 0.25) is 0 Å². The van der Waals surface area contributed by atoms with Gasteiger partial charge in [-0.1, -0.05) is 13.0 Å². The summed E-state index contributed by atoms with van der Waals surface area (Å²) in [7, 11) is 0. The summed E-state index contributed by atoms with van der Waals surface area (Å²) in [5.74, 6) is 0. The van der Waals surface area contributed by atoms with Gasteiger partial charge < -0.3 is 5.73 Å². The van der Waals surface area contributed by atoms with E-state index in [0.717, 1.165) is 22.9 Å². The van der Waals surface area contributed by atoms with Gasteiger partial charge in [-0.3, -0.25) is 0 Å². The summed E-state index contributed by atoms with van der Waals surface area (Å²) in [5, 5.41) is 1.83. The van der Waals surface area contributed by atoms with Crippen molar-refractivity contribution < 1.29 is 0 Å². The molecule has 18 heavy (non-hydrogen) atoms. The van der Waals surface area contributed by atoms with E-state index >= 15 is 0 Å². The third-order valence-electron chi connectivity index (χ3n) is 2.58. The van der Waals surface area contributed by atoms with Crippen molar-refractivity contribution in [3.63, 3.8) is 0 Å². The minimum Gasteiger partial charge on any atom is -0.327 e. The highest BCUT2D eigenvalue weighted by atomic mass is 32.2. The largest absolute Gasteiger partial charge is 0.327 e. The van der Waals surface area contributed by atoms with Crippen LogP contribution in [0.2, 0.25) is 0 Å². The van der Waals surface area contributed by atoms with Crippen molar-refractivity contribution in [2.75, 3.05) is 0 Å². The van der Waals surface area contributed by atoms with Crippen molar-refractivity contribution in [3.05, 3.63) is 42.5 Å². The van der Waals surface area contributed by atoms with Crippen LogP contribution in [0.1, 0.15) is 18.9 Å². The molecular weight excluding hydrogens is 244 g/mol. The fraction of sp³-hybridized carbons (Fsp3) is 0.308. The summed E-state index contributed by atoms with van der Waals surface area (Å²) in [6.07, 6.45) is 7.01. The van der Waals surface area contributed by atoms with Gasteiger partial charge in [0.15, 0.2) is 0 Å². The van der Waals surface area contributed by atoms with Crippen molar-refractivity contribution in [3.8, 4) is 0 Å². The van der Waals surface area contributed by atoms with Gasteiger partial charge in [-0.15, -0.1) is 0 Å². The van der Waals surface area contributed by atoms with E-state index in [-0.39, 0.29) is 6.04 Å². The minimum absolute atomic E-state index is 0.215. The van der Waals surface area contributed by atoms with Crippen LogP contribution < -0.4 is 5.73 Å². The maximum atomic E-state index is 5.92. The van der Waals surface area contributed by atoms with Crippen molar-refractivity contribution in [1.82, 2.24) is 15.0 Å². The van der Waals surface area contributed by atoms with E-state index in [1.165, 1.54) is 23.7 Å². The van der Waals surface area contributed by atoms with Crippen molar-refractivity contribution >= 4 is 11.8 Å². The van der Waals surface area contributed by atoms with Crippen LogP contribution in [-0.2, 0) is 6.42 Å². The highest BCUT2D eigenvalue weighted by molar-refractivity contribution is 7.99. The van der Waals surface area contributed by atoms with Gasteiger partial charge >= 0.3 is 0 Å². The Bertz CT molecular complexity index is 472. The Hall–Kier alpha value is -1.46. The first kappa shape index (κ1) is 13.0. The molecule has 1 atom stereocenters. The van der Waals surface area contributed by atoms with E-state index in [4.69, 9.17) is 5.73 Å². The van der Waals surface area contributed by atoms with Gasteiger partial charge in [-0.2, -0.15) is 0 Å². The zero-order valence-corrected chi connectivity index (χ0v) is 11.1. The zero-order chi connectivity index (χ0) is 12.8. The number of nitrogens with zero attached hydrogens (tertiary/aromatic N) is 3. The fourth-order valence-electron chi connectivity index (χ4n) is 1.49. The topological polar surface area (TPSA) is 64.7 Å². The first-order chi connectivity index (χ1) is 8.78. The molecule has 2 N–H and O–H groups in total. The first-order valence-electron chi connectivity index (χ1n) is 5.92. The Morgan fingerprint density at radius 2 is 2.06 bits per heavy atom. The van der Waals surface area contributed by atoms with Crippen LogP contribution in [0.15, 0.2) is 47.0 Å². The molecule has 4 nitrogen and oxygen atoms in total. The van der Waals surface area contributed by atoms with Crippen LogP contribution in [0.25, 0.3) is 0 Å². The van der Waals surface area contributed by atoms with Gasteiger partial charge in [0.1, 0.15) is 16.4 Å². The molecule has 94 valence electrons. The molecule has 1 unspecified atom stereocenters. The van der Waals surface area contributed by atoms with Crippen LogP contribution in [0, 0.1) is 0 Å². The van der Waals surface area contributed by atoms with Gasteiger partial charge in [-0.05, 0) is 42.3 Å². The molecular formula is C13H16N4S. The molecule has 2 heterocycles. The molecule has 5 heteroatoms. The summed E-state index contributed by atoms with van der Waals surface area (Å²) < 4.78 is 0. The summed E-state index contributed by atoms with van der Waals surface area (Å²) in [6.45, 7) is 2.09. The number of hydrogen-bond acceptors (Lipinski definition) is 5. The van der Waals surface area contributed by atoms with Crippen LogP contribution in [0.4, 0.5) is 0 Å². The second-order valence-electron chi connectivity index (χ2n) is 4.03. The molecule has 0 amide bonds. The second-order valence-corrected chi connectivity index (χ2v) is 5.07. The molecule has 0 saturated carbocycles. The molecule has 2 aromatic heterocycles. The lowest BCUT2D eigenvalue weighted by atomic mass is 10.1. The van der Waals surface area contributed by atoms with Gasteiger partial charge in [-0.25, -0.2) is 15.0 Å². The van der Waals surface area contributed by atoms with E-state index in [0.29, 0.717) is 0 Å². The molecule has 0 bridgehead atoms. The monoisotopic (exact) mass is 260 g/mol. The third-order valence-corrected chi connectivity index (χ3v) is 3.49. The molecule has 0 aliphatic heterocycles. The summed E-state index contributed by atoms with van der Waals surface area (Å²) >= 11 is 1.53. The fourth-order valence-corrected chi connectivity index (χ4v) is 2.17. The quantitative estimate of drug-likeness (QED) is 0.836. The van der Waals surface area contributed by atoms with Crippen molar-refractivity contribution in [1.29, 1.82) is 0 Å². The molecule has 0 saturated heterocycles. The minimum atomic E-state index is 0.215. The van der Waals surface area contributed by atoms with Crippen LogP contribution >= 0.6 is 11.8 Å². The Morgan fingerprint density at radius 1 is 1.22 bits per heavy atom. The van der Waals surface area contributed by atoms with Crippen LogP contribution in [-0.4, -0.2) is 21.0 Å². The van der Waals surface area contributed by atoms with E-state index < -0.39 is 0 Å². The van der Waals surface area contributed by atoms with Crippen LogP contribution in [0.3, 0.4) is 0 Å². The summed E-state index contributed by atoms with van der Waals surface area (Å²) in [5.41, 5.74) is 7.09. The Balaban J connectivity index is 2.00. The molecule has 0 aromatic carbocycles. The highest BCUT2D eigenvalue weighted by Gasteiger charge is 2.03. The highest BCUT2D eigenvalue weighted by Crippen LogP contribution is 2.23. The predicted octanol–water partition coefficient (Wildman–Crippen LogP) is 2.30. The summed E-state index contributed by atoms with van der Waals surface area (Å²) in [6, 6.07) is 6.16. The van der Waals surface area contributed by atoms with Crippen molar-refractivity contribution in [2.24, 2.45) is 5.73 Å². The average molecular weight is 260 g/mol. The standard InChI is InChI=1S/C13H16N4S/c1-2-11(14)7-10-3-4-12(16-8-10)18-13-5-6-15-9-17-13/h3-6,8-9,11H,2,7,14H2,1H3. The van der Waals surface area contributed by atoms with E-state index in [2.05, 4.69) is 27.9 Å². The molecule has 0 aliphatic carbocycles. The van der Waals surface area contributed by atoms with E-state index in [9.17, 15) is 0 Å². The Labute approximate surface area is 111 Å². The third kappa shape index (κ3) is 3.78. The maximum Gasteiger partial charge on any atom is 0.116 e. The molecule has 0 aliphatic rings. The molecule has 2 rings (SSSR count). The number of rotatable bonds is 5. The summed E-state index contributed by atoms with van der Waals surface area (Å²) in [4.78, 5) is 12.4. The van der Waals surface area contributed by atoms with Gasteiger partial charge in [0.25, 0.3) is 0 Å². The maximum absolute atomic E-state index is 5.92. The lowest BCUT2D eigenvalue weighted by Gasteiger charge is -2.08. The number of hydrogen-bond donors (Lipinski definition) is 1. The normalized spacial score (nSPS) is 12.3. The molecule has 0 radical (unpaired) electrons. The van der Waals surface area contributed by atoms with E-state index in [1.54, 1.807) is 6.20 Å². The van der Waals surface area contributed by atoms with E-state index in [1.807, 2.05) is 18.3 Å². The zero-order valence-electron chi connectivity index (χ0n) is 10.3. The van der Waals surface area contributed by atoms with Crippen molar-refractivity contribution in [2.45, 2.75) is 35.9 Å². The first-order valence-corrected chi connectivity index (χ1v) is 6.74. The lowest BCUT2D eigenvalue weighted by molar-refractivity contribution is 0.644. The Kier molecular flexibility index (Phi) is 4.66. The van der Waals surface area contributed by atoms with Gasteiger partial charge in [0.05, 0.1) is 0 Å². The van der Waals surface area contributed by atoms with Crippen LogP contribution in [0.5, 0.6) is 0 Å². The number of pyridine rings is 1. The number of nitrogens with two attached hydrogens (primary N) is 1. The SMILES string of the molecule is CCC(N)Cc1ccc(Sc2ccncn2)nc1. The number of aromatic nitrogens is 3. The van der Waals surface area contributed by atoms with Gasteiger partial charge in [0, 0.05) is 18.4 Å².